The molecule has 0 spiro atoms. The molecule has 0 saturated heterocycles. The highest BCUT2D eigenvalue weighted by Crippen LogP contribution is 2.05. The molecule has 0 saturated carbocycles. The molecule has 1 aromatic heterocycles. The third-order valence-electron chi connectivity index (χ3n) is 3.00. The molecule has 0 radical (unpaired) electrons. The monoisotopic (exact) mass is 256 g/mol. The number of carbonyl (C=O) groups excluding carboxylic acids is 1. The highest BCUT2D eigenvalue weighted by atomic mass is 16.1. The van der Waals surface area contributed by atoms with Gasteiger partial charge in [-0.1, -0.05) is 29.8 Å². The lowest BCUT2D eigenvalue weighted by molar-refractivity contribution is 0.0969. The van der Waals surface area contributed by atoms with Crippen LogP contribution in [0.2, 0.25) is 0 Å². The molecule has 98 valence electrons. The van der Waals surface area contributed by atoms with Gasteiger partial charge >= 0.3 is 0 Å². The van der Waals surface area contributed by atoms with Crippen molar-refractivity contribution >= 4 is 5.78 Å². The van der Waals surface area contributed by atoms with Crippen LogP contribution in [0.4, 0.5) is 0 Å². The second-order valence-electron chi connectivity index (χ2n) is 4.66. The molecule has 4 heteroatoms. The van der Waals surface area contributed by atoms with Gasteiger partial charge in [0.2, 0.25) is 0 Å². The minimum absolute atomic E-state index is 0.0288. The van der Waals surface area contributed by atoms with Crippen LogP contribution in [-0.4, -0.2) is 15.3 Å². The molecule has 19 heavy (non-hydrogen) atoms. The molecule has 0 atom stereocenters. The zero-order valence-corrected chi connectivity index (χ0v) is 11.3. The van der Waals surface area contributed by atoms with Gasteiger partial charge in [-0.05, 0) is 20.8 Å². The Morgan fingerprint density at radius 2 is 1.79 bits per heavy atom. The Hall–Kier alpha value is -2.23. The molecular weight excluding hydrogens is 240 g/mol. The first-order valence-electron chi connectivity index (χ1n) is 6.12. The smallest absolute Gasteiger partial charge is 0.254 e. The first-order chi connectivity index (χ1) is 8.97. The van der Waals surface area contributed by atoms with Crippen molar-refractivity contribution in [3.05, 3.63) is 63.3 Å². The van der Waals surface area contributed by atoms with Crippen molar-refractivity contribution in [1.82, 2.24) is 9.55 Å². The van der Waals surface area contributed by atoms with Crippen LogP contribution in [0.3, 0.4) is 0 Å². The van der Waals surface area contributed by atoms with E-state index in [9.17, 15) is 9.59 Å². The molecule has 2 aromatic rings. The maximum absolute atomic E-state index is 12.1. The summed E-state index contributed by atoms with van der Waals surface area (Å²) in [6.45, 7) is 5.49. The maximum atomic E-state index is 12.1. The summed E-state index contributed by atoms with van der Waals surface area (Å²) < 4.78 is 1.40. The van der Waals surface area contributed by atoms with Crippen molar-refractivity contribution in [2.75, 3.05) is 0 Å². The van der Waals surface area contributed by atoms with E-state index in [4.69, 9.17) is 0 Å². The third-order valence-corrected chi connectivity index (χ3v) is 3.00. The van der Waals surface area contributed by atoms with Crippen molar-refractivity contribution in [1.29, 1.82) is 0 Å². The average Bonchev–Trinajstić information content (AvgIpc) is 2.34. The fraction of sp³-hybridized carbons (Fsp3) is 0.267. The van der Waals surface area contributed by atoms with Crippen LogP contribution >= 0.6 is 0 Å². The molecule has 0 fully saturated rings. The zero-order valence-electron chi connectivity index (χ0n) is 11.3. The standard InChI is InChI=1S/C15H16N2O2/c1-10-4-6-13(7-5-10)14(18)9-17-12(3)16-11(2)8-15(17)19/h4-8H,9H2,1-3H3. The number of Topliss-reactive ketones (excluding diaryl/α,β-unsaturated/α-hetero) is 1. The van der Waals surface area contributed by atoms with E-state index in [-0.39, 0.29) is 17.9 Å². The van der Waals surface area contributed by atoms with Gasteiger partial charge in [-0.15, -0.1) is 0 Å². The minimum Gasteiger partial charge on any atom is -0.292 e. The predicted octanol–water partition coefficient (Wildman–Crippen LogP) is 2.05. The third kappa shape index (κ3) is 2.96. The van der Waals surface area contributed by atoms with Crippen molar-refractivity contribution in [2.45, 2.75) is 27.3 Å². The first kappa shape index (κ1) is 13.2. The first-order valence-corrected chi connectivity index (χ1v) is 6.12. The van der Waals surface area contributed by atoms with E-state index < -0.39 is 0 Å². The van der Waals surface area contributed by atoms with Crippen LogP contribution < -0.4 is 5.56 Å². The summed E-state index contributed by atoms with van der Waals surface area (Å²) >= 11 is 0. The molecule has 0 aliphatic rings. The van der Waals surface area contributed by atoms with Crippen LogP contribution in [0.1, 0.15) is 27.4 Å². The Morgan fingerprint density at radius 1 is 1.16 bits per heavy atom. The molecule has 0 unspecified atom stereocenters. The Labute approximate surface area is 111 Å². The van der Waals surface area contributed by atoms with E-state index in [0.29, 0.717) is 17.1 Å². The summed E-state index contributed by atoms with van der Waals surface area (Å²) in [6.07, 6.45) is 0. The lowest BCUT2D eigenvalue weighted by atomic mass is 10.1. The van der Waals surface area contributed by atoms with Crippen molar-refractivity contribution in [3.63, 3.8) is 0 Å². The minimum atomic E-state index is -0.189. The molecule has 4 nitrogen and oxygen atoms in total. The highest BCUT2D eigenvalue weighted by molar-refractivity contribution is 5.95. The number of aromatic nitrogens is 2. The molecule has 1 aromatic carbocycles. The van der Waals surface area contributed by atoms with Gasteiger partial charge in [0.1, 0.15) is 5.82 Å². The normalized spacial score (nSPS) is 10.5. The number of benzene rings is 1. The summed E-state index contributed by atoms with van der Waals surface area (Å²) in [6, 6.07) is 8.77. The molecule has 0 N–H and O–H groups in total. The Bertz CT molecular complexity index is 670. The quantitative estimate of drug-likeness (QED) is 0.790. The van der Waals surface area contributed by atoms with Crippen LogP contribution in [0.15, 0.2) is 35.1 Å². The summed E-state index contributed by atoms with van der Waals surface area (Å²) in [5.41, 5.74) is 2.19. The van der Waals surface area contributed by atoms with E-state index in [1.807, 2.05) is 19.1 Å². The summed E-state index contributed by atoms with van der Waals surface area (Å²) in [5, 5.41) is 0. The maximum Gasteiger partial charge on any atom is 0.254 e. The SMILES string of the molecule is Cc1ccc(C(=O)Cn2c(C)nc(C)cc2=O)cc1. The number of rotatable bonds is 3. The van der Waals surface area contributed by atoms with Gasteiger partial charge in [-0.2, -0.15) is 0 Å². The van der Waals surface area contributed by atoms with Crippen molar-refractivity contribution < 1.29 is 4.79 Å². The van der Waals surface area contributed by atoms with Crippen molar-refractivity contribution in [3.8, 4) is 0 Å². The predicted molar refractivity (Wildman–Crippen MR) is 73.5 cm³/mol. The Kier molecular flexibility index (Phi) is 3.60. The molecule has 1 heterocycles. The topological polar surface area (TPSA) is 52.0 Å². The number of hydrogen-bond donors (Lipinski definition) is 0. The van der Waals surface area contributed by atoms with E-state index in [1.165, 1.54) is 10.6 Å². The van der Waals surface area contributed by atoms with Gasteiger partial charge in [-0.25, -0.2) is 4.98 Å². The van der Waals surface area contributed by atoms with Gasteiger partial charge in [-0.3, -0.25) is 14.2 Å². The summed E-state index contributed by atoms with van der Waals surface area (Å²) in [4.78, 5) is 28.2. The summed E-state index contributed by atoms with van der Waals surface area (Å²) in [7, 11) is 0. The molecule has 0 aliphatic heterocycles. The second-order valence-corrected chi connectivity index (χ2v) is 4.66. The zero-order chi connectivity index (χ0) is 14.0. The lowest BCUT2D eigenvalue weighted by Crippen LogP contribution is -2.27. The van der Waals surface area contributed by atoms with E-state index in [2.05, 4.69) is 4.98 Å². The van der Waals surface area contributed by atoms with Gasteiger partial charge < -0.3 is 0 Å². The molecule has 2 rings (SSSR count). The fourth-order valence-corrected chi connectivity index (χ4v) is 1.93. The molecular formula is C15H16N2O2. The van der Waals surface area contributed by atoms with Gasteiger partial charge in [0, 0.05) is 17.3 Å². The Balaban J connectivity index is 2.29. The molecule has 0 bridgehead atoms. The van der Waals surface area contributed by atoms with Crippen LogP contribution in [0.5, 0.6) is 0 Å². The number of ketones is 1. The average molecular weight is 256 g/mol. The van der Waals surface area contributed by atoms with Crippen LogP contribution in [-0.2, 0) is 6.54 Å². The largest absolute Gasteiger partial charge is 0.292 e. The molecule has 0 aliphatic carbocycles. The van der Waals surface area contributed by atoms with Gasteiger partial charge in [0.15, 0.2) is 5.78 Å². The highest BCUT2D eigenvalue weighted by Gasteiger charge is 2.10. The van der Waals surface area contributed by atoms with Crippen LogP contribution in [0, 0.1) is 20.8 Å². The van der Waals surface area contributed by atoms with E-state index in [1.54, 1.807) is 26.0 Å². The van der Waals surface area contributed by atoms with Gasteiger partial charge in [0.25, 0.3) is 5.56 Å². The number of nitrogens with zero attached hydrogens (tertiary/aromatic N) is 2. The number of carbonyl (C=O) groups is 1. The Morgan fingerprint density at radius 3 is 2.37 bits per heavy atom. The number of aryl methyl sites for hydroxylation is 3. The summed E-state index contributed by atoms with van der Waals surface area (Å²) in [5.74, 6) is 0.473. The van der Waals surface area contributed by atoms with Crippen LogP contribution in [0.25, 0.3) is 0 Å². The second kappa shape index (κ2) is 5.18. The lowest BCUT2D eigenvalue weighted by Gasteiger charge is -2.09. The van der Waals surface area contributed by atoms with Crippen molar-refractivity contribution in [2.24, 2.45) is 0 Å². The fourth-order valence-electron chi connectivity index (χ4n) is 1.93. The van der Waals surface area contributed by atoms with E-state index in [0.717, 1.165) is 5.56 Å². The molecule has 0 amide bonds. The van der Waals surface area contributed by atoms with E-state index >= 15 is 0 Å². The van der Waals surface area contributed by atoms with Gasteiger partial charge in [0.05, 0.1) is 6.54 Å². The number of hydrogen-bond acceptors (Lipinski definition) is 3.